The third-order valence-corrected chi connectivity index (χ3v) is 3.54. The van der Waals surface area contributed by atoms with Gasteiger partial charge in [0.1, 0.15) is 10.6 Å². The Morgan fingerprint density at radius 3 is 2.76 bits per heavy atom. The van der Waals surface area contributed by atoms with Crippen molar-refractivity contribution in [3.63, 3.8) is 0 Å². The molecule has 1 heterocycles. The smallest absolute Gasteiger partial charge is 0.346 e. The van der Waals surface area contributed by atoms with Crippen LogP contribution >= 0.6 is 11.8 Å². The number of aryl methyl sites for hydroxylation is 1. The number of carboxylic acids is 1. The molecule has 7 heteroatoms. The number of nitrogens with zero attached hydrogens (tertiary/aromatic N) is 1. The summed E-state index contributed by atoms with van der Waals surface area (Å²) < 4.78 is 5.46. The van der Waals surface area contributed by atoms with E-state index in [0.29, 0.717) is 6.61 Å². The third-order valence-electron chi connectivity index (χ3n) is 2.69. The molecule has 0 saturated heterocycles. The van der Waals surface area contributed by atoms with Crippen LogP contribution in [0, 0.1) is 6.92 Å². The summed E-state index contributed by atoms with van der Waals surface area (Å²) in [5.41, 5.74) is 0.741. The highest BCUT2D eigenvalue weighted by atomic mass is 32.2. The largest absolute Gasteiger partial charge is 0.478 e. The van der Waals surface area contributed by atoms with E-state index in [0.717, 1.165) is 17.3 Å². The molecule has 1 aromatic carbocycles. The zero-order chi connectivity index (χ0) is 15.2. The van der Waals surface area contributed by atoms with Gasteiger partial charge in [-0.1, -0.05) is 42.1 Å². The Morgan fingerprint density at radius 1 is 1.38 bits per heavy atom. The third kappa shape index (κ3) is 4.17. The van der Waals surface area contributed by atoms with Crippen LogP contribution in [0.5, 0.6) is 0 Å². The zero-order valence-corrected chi connectivity index (χ0v) is 12.1. The minimum atomic E-state index is -1.12. The first-order valence-electron chi connectivity index (χ1n) is 6.16. The number of hydrogen-bond donors (Lipinski definition) is 2. The van der Waals surface area contributed by atoms with Gasteiger partial charge in [0, 0.05) is 5.69 Å². The van der Waals surface area contributed by atoms with E-state index >= 15 is 0 Å². The van der Waals surface area contributed by atoms with E-state index in [9.17, 15) is 9.59 Å². The number of hydrogen-bond acceptors (Lipinski definition) is 5. The normalized spacial score (nSPS) is 10.5. The summed E-state index contributed by atoms with van der Waals surface area (Å²) in [6.07, 6.45) is 0. The molecule has 0 aliphatic heterocycles. The molecule has 2 N–H and O–H groups in total. The highest BCUT2D eigenvalue weighted by Crippen LogP contribution is 2.21. The van der Waals surface area contributed by atoms with Crippen molar-refractivity contribution >= 4 is 17.7 Å². The molecular formula is C14H14N2O4S. The van der Waals surface area contributed by atoms with E-state index in [-0.39, 0.29) is 22.2 Å². The van der Waals surface area contributed by atoms with E-state index in [2.05, 4.69) is 9.97 Å². The summed E-state index contributed by atoms with van der Waals surface area (Å²) in [4.78, 5) is 28.6. The number of carbonyl (C=O) groups is 1. The lowest BCUT2D eigenvalue weighted by molar-refractivity contribution is 0.0690. The van der Waals surface area contributed by atoms with Crippen LogP contribution in [0.15, 0.2) is 40.2 Å². The van der Waals surface area contributed by atoms with Gasteiger partial charge in [0.05, 0.1) is 12.5 Å². The summed E-state index contributed by atoms with van der Waals surface area (Å²) in [7, 11) is 0. The van der Waals surface area contributed by atoms with E-state index in [1.807, 2.05) is 30.3 Å². The highest BCUT2D eigenvalue weighted by Gasteiger charge is 2.16. The van der Waals surface area contributed by atoms with Crippen molar-refractivity contribution in [3.05, 3.63) is 57.6 Å². The molecule has 6 nitrogen and oxygen atoms in total. The van der Waals surface area contributed by atoms with Crippen LogP contribution in [0.3, 0.4) is 0 Å². The van der Waals surface area contributed by atoms with Gasteiger partial charge in [0.25, 0.3) is 0 Å². The Balaban J connectivity index is 2.00. The van der Waals surface area contributed by atoms with Crippen molar-refractivity contribution in [3.8, 4) is 0 Å². The van der Waals surface area contributed by atoms with Crippen molar-refractivity contribution < 1.29 is 14.6 Å². The van der Waals surface area contributed by atoms with Gasteiger partial charge in [0.2, 0.25) is 0 Å². The maximum absolute atomic E-state index is 11.3. The van der Waals surface area contributed by atoms with Crippen LogP contribution < -0.4 is 5.69 Å². The number of nitrogens with one attached hydrogen (secondary N) is 1. The molecule has 0 spiro atoms. The van der Waals surface area contributed by atoms with Gasteiger partial charge in [-0.25, -0.2) is 9.59 Å². The molecule has 0 unspecified atom stereocenters. The summed E-state index contributed by atoms with van der Waals surface area (Å²) in [6.45, 7) is 1.94. The molecule has 0 aliphatic rings. The van der Waals surface area contributed by atoms with Crippen LogP contribution in [0.4, 0.5) is 0 Å². The molecular weight excluding hydrogens is 292 g/mol. The predicted molar refractivity (Wildman–Crippen MR) is 78.5 cm³/mol. The van der Waals surface area contributed by atoms with Gasteiger partial charge in [0.15, 0.2) is 0 Å². The molecule has 0 amide bonds. The van der Waals surface area contributed by atoms with Gasteiger partial charge in [-0.15, -0.1) is 0 Å². The van der Waals surface area contributed by atoms with E-state index in [1.54, 1.807) is 0 Å². The highest BCUT2D eigenvalue weighted by molar-refractivity contribution is 7.99. The molecule has 0 aliphatic carbocycles. The molecule has 110 valence electrons. The van der Waals surface area contributed by atoms with Gasteiger partial charge in [-0.3, -0.25) is 0 Å². The zero-order valence-electron chi connectivity index (χ0n) is 11.3. The van der Waals surface area contributed by atoms with Crippen LogP contribution in [0.1, 0.15) is 21.6 Å². The minimum absolute atomic E-state index is 0.00270. The first-order valence-corrected chi connectivity index (χ1v) is 7.15. The molecule has 0 radical (unpaired) electrons. The molecule has 0 saturated carbocycles. The fraction of sp³-hybridized carbons (Fsp3) is 0.214. The van der Waals surface area contributed by atoms with Gasteiger partial charge >= 0.3 is 11.7 Å². The topological polar surface area (TPSA) is 92.3 Å². The van der Waals surface area contributed by atoms with Crippen LogP contribution in [-0.2, 0) is 11.3 Å². The Labute approximate surface area is 125 Å². The fourth-order valence-electron chi connectivity index (χ4n) is 1.75. The molecule has 0 fully saturated rings. The lowest BCUT2D eigenvalue weighted by Gasteiger charge is -2.07. The van der Waals surface area contributed by atoms with Crippen LogP contribution in [0.25, 0.3) is 0 Å². The lowest BCUT2D eigenvalue weighted by Crippen LogP contribution is -2.18. The fourth-order valence-corrected chi connectivity index (χ4v) is 2.56. The van der Waals surface area contributed by atoms with E-state index < -0.39 is 11.7 Å². The van der Waals surface area contributed by atoms with Gasteiger partial charge in [-0.05, 0) is 12.5 Å². The second-order valence-electron chi connectivity index (χ2n) is 4.25. The number of aromatic amines is 1. The Morgan fingerprint density at radius 2 is 2.10 bits per heavy atom. The maximum Gasteiger partial charge on any atom is 0.346 e. The Bertz CT molecular complexity index is 685. The monoisotopic (exact) mass is 306 g/mol. The predicted octanol–water partition coefficient (Wildman–Crippen LogP) is 2.04. The Kier molecular flexibility index (Phi) is 5.13. The average molecular weight is 306 g/mol. The Hall–Kier alpha value is -2.12. The maximum atomic E-state index is 11.3. The van der Waals surface area contributed by atoms with Gasteiger partial charge in [-0.2, -0.15) is 4.98 Å². The average Bonchev–Trinajstić information content (AvgIpc) is 2.43. The molecule has 1 aromatic heterocycles. The number of ether oxygens (including phenoxy) is 1. The van der Waals surface area contributed by atoms with Crippen LogP contribution in [-0.4, -0.2) is 27.0 Å². The molecule has 0 bridgehead atoms. The second kappa shape index (κ2) is 7.05. The molecule has 21 heavy (non-hydrogen) atoms. The summed E-state index contributed by atoms with van der Waals surface area (Å²) in [6, 6.07) is 9.61. The standard InChI is InChI=1S/C14H14N2O4S/c1-9-11(13(17)18)12(16-14(19)15-9)21-8-20-7-10-5-3-2-4-6-10/h2-6H,7-8H2,1H3,(H,17,18)(H,15,16,19). The van der Waals surface area contributed by atoms with Gasteiger partial charge < -0.3 is 14.8 Å². The van der Waals surface area contributed by atoms with Crippen molar-refractivity contribution in [2.24, 2.45) is 0 Å². The first kappa shape index (κ1) is 15.3. The van der Waals surface area contributed by atoms with Crippen molar-refractivity contribution in [2.75, 3.05) is 5.94 Å². The van der Waals surface area contributed by atoms with Crippen molar-refractivity contribution in [1.82, 2.24) is 9.97 Å². The van der Waals surface area contributed by atoms with Crippen molar-refractivity contribution in [1.29, 1.82) is 0 Å². The molecule has 2 aromatic rings. The van der Waals surface area contributed by atoms with Crippen molar-refractivity contribution in [2.45, 2.75) is 18.6 Å². The molecule has 2 rings (SSSR count). The number of H-pyrrole nitrogens is 1. The van der Waals surface area contributed by atoms with E-state index in [1.165, 1.54) is 6.92 Å². The quantitative estimate of drug-likeness (QED) is 0.367. The number of thioether (sulfide) groups is 1. The summed E-state index contributed by atoms with van der Waals surface area (Å²) in [5, 5.41) is 9.32. The lowest BCUT2D eigenvalue weighted by atomic mass is 10.2. The SMILES string of the molecule is Cc1[nH]c(=O)nc(SCOCc2ccccc2)c1C(=O)O. The number of rotatable bonds is 6. The summed E-state index contributed by atoms with van der Waals surface area (Å²) in [5.74, 6) is -0.910. The molecule has 0 atom stereocenters. The van der Waals surface area contributed by atoms with Crippen LogP contribution in [0.2, 0.25) is 0 Å². The van der Waals surface area contributed by atoms with E-state index in [4.69, 9.17) is 9.84 Å². The number of aromatic nitrogens is 2. The number of carboxylic acid groups (broad SMARTS) is 1. The number of aromatic carboxylic acids is 1. The number of benzene rings is 1. The minimum Gasteiger partial charge on any atom is -0.478 e. The first-order chi connectivity index (χ1) is 10.1. The summed E-state index contributed by atoms with van der Waals surface area (Å²) >= 11 is 1.09. The second-order valence-corrected chi connectivity index (χ2v) is 5.16.